The molecule has 29 heavy (non-hydrogen) atoms. The van der Waals surface area contributed by atoms with Gasteiger partial charge in [-0.15, -0.1) is 0 Å². The second kappa shape index (κ2) is 6.99. The summed E-state index contributed by atoms with van der Waals surface area (Å²) in [6, 6.07) is 11.8. The van der Waals surface area contributed by atoms with Crippen LogP contribution in [0.3, 0.4) is 0 Å². The lowest BCUT2D eigenvalue weighted by atomic mass is 10.0. The average Bonchev–Trinajstić information content (AvgIpc) is 3.23. The monoisotopic (exact) mass is 399 g/mol. The molecule has 0 aliphatic carbocycles. The van der Waals surface area contributed by atoms with Gasteiger partial charge in [0, 0.05) is 28.5 Å². The van der Waals surface area contributed by atoms with E-state index in [1.54, 1.807) is 13.0 Å². The highest BCUT2D eigenvalue weighted by Gasteiger charge is 2.33. The molecule has 0 unspecified atom stereocenters. The molecule has 0 bridgehead atoms. The van der Waals surface area contributed by atoms with Gasteiger partial charge in [-0.25, -0.2) is 0 Å². The highest BCUT2D eigenvalue weighted by Crippen LogP contribution is 2.36. The number of amides is 1. The first kappa shape index (κ1) is 19.1. The first-order chi connectivity index (χ1) is 13.8. The van der Waals surface area contributed by atoms with E-state index in [0.29, 0.717) is 29.7 Å². The van der Waals surface area contributed by atoms with Crippen molar-refractivity contribution < 1.29 is 18.0 Å². The molecule has 0 spiro atoms. The third-order valence-corrected chi connectivity index (χ3v) is 5.25. The molecule has 150 valence electrons. The van der Waals surface area contributed by atoms with Gasteiger partial charge in [-0.2, -0.15) is 13.2 Å². The smallest absolute Gasteiger partial charge is 0.358 e. The number of alkyl halides is 3. The fraction of sp³-hybridized carbons (Fsp3) is 0.227. The van der Waals surface area contributed by atoms with Gasteiger partial charge in [0.2, 0.25) is 0 Å². The van der Waals surface area contributed by atoms with Crippen molar-refractivity contribution in [3.05, 3.63) is 70.5 Å². The lowest BCUT2D eigenvalue weighted by Crippen LogP contribution is -2.26. The molecule has 0 aliphatic rings. The van der Waals surface area contributed by atoms with Gasteiger partial charge in [0.25, 0.3) is 5.91 Å². The van der Waals surface area contributed by atoms with E-state index in [1.165, 1.54) is 6.07 Å². The summed E-state index contributed by atoms with van der Waals surface area (Å²) in [4.78, 5) is 18.4. The Morgan fingerprint density at radius 3 is 2.52 bits per heavy atom. The van der Waals surface area contributed by atoms with Gasteiger partial charge in [-0.1, -0.05) is 24.3 Å². The van der Waals surface area contributed by atoms with E-state index in [2.05, 4.69) is 15.3 Å². The zero-order valence-corrected chi connectivity index (χ0v) is 16.0. The zero-order valence-electron chi connectivity index (χ0n) is 16.0. The van der Waals surface area contributed by atoms with Gasteiger partial charge >= 0.3 is 6.18 Å². The summed E-state index contributed by atoms with van der Waals surface area (Å²) < 4.78 is 39.7. The standard InChI is InChI=1S/C22H20F3N3O/c1-12-5-3-8-18-16(12)11-19(28-18)21(29)26-10-9-14-13(2)27-20-15(14)6-4-7-17(20)22(23,24)25/h3-8,11,27-28H,9-10H2,1-2H3,(H,26,29). The highest BCUT2D eigenvalue weighted by molar-refractivity contribution is 5.98. The van der Waals surface area contributed by atoms with Gasteiger partial charge in [0.15, 0.2) is 0 Å². The summed E-state index contributed by atoms with van der Waals surface area (Å²) >= 11 is 0. The van der Waals surface area contributed by atoms with Crippen LogP contribution >= 0.6 is 0 Å². The number of aromatic amines is 2. The number of aryl methyl sites for hydroxylation is 2. The Morgan fingerprint density at radius 1 is 1.03 bits per heavy atom. The molecule has 4 nitrogen and oxygen atoms in total. The largest absolute Gasteiger partial charge is 0.418 e. The average molecular weight is 399 g/mol. The molecule has 1 amide bonds. The summed E-state index contributed by atoms with van der Waals surface area (Å²) in [5.41, 5.74) is 3.29. The molecule has 0 aliphatic heterocycles. The number of benzene rings is 2. The lowest BCUT2D eigenvalue weighted by molar-refractivity contribution is -0.136. The number of nitrogens with one attached hydrogen (secondary N) is 3. The minimum atomic E-state index is -4.42. The van der Waals surface area contributed by atoms with Crippen molar-refractivity contribution in [3.63, 3.8) is 0 Å². The summed E-state index contributed by atoms with van der Waals surface area (Å²) in [7, 11) is 0. The number of para-hydroxylation sites is 1. The molecule has 3 N–H and O–H groups in total. The van der Waals surface area contributed by atoms with Crippen LogP contribution in [0.4, 0.5) is 13.2 Å². The van der Waals surface area contributed by atoms with Crippen LogP contribution in [0.5, 0.6) is 0 Å². The predicted octanol–water partition coefficient (Wildman–Crippen LogP) is 5.26. The number of H-pyrrole nitrogens is 2. The van der Waals surface area contributed by atoms with Crippen molar-refractivity contribution in [3.8, 4) is 0 Å². The number of hydrogen-bond donors (Lipinski definition) is 3. The second-order valence-electron chi connectivity index (χ2n) is 7.18. The molecule has 0 atom stereocenters. The van der Waals surface area contributed by atoms with Crippen molar-refractivity contribution in [2.45, 2.75) is 26.4 Å². The maximum absolute atomic E-state index is 13.2. The van der Waals surface area contributed by atoms with E-state index in [0.717, 1.165) is 28.1 Å². The van der Waals surface area contributed by atoms with Crippen molar-refractivity contribution >= 4 is 27.7 Å². The van der Waals surface area contributed by atoms with E-state index < -0.39 is 11.7 Å². The van der Waals surface area contributed by atoms with Crippen molar-refractivity contribution in [1.82, 2.24) is 15.3 Å². The number of carbonyl (C=O) groups is 1. The number of hydrogen-bond acceptors (Lipinski definition) is 1. The zero-order chi connectivity index (χ0) is 20.8. The van der Waals surface area contributed by atoms with Crippen molar-refractivity contribution in [1.29, 1.82) is 0 Å². The Bertz CT molecular complexity index is 1220. The molecular weight excluding hydrogens is 379 g/mol. The Balaban J connectivity index is 1.52. The quantitative estimate of drug-likeness (QED) is 0.431. The maximum atomic E-state index is 13.2. The summed E-state index contributed by atoms with van der Waals surface area (Å²) in [6.45, 7) is 4.04. The maximum Gasteiger partial charge on any atom is 0.418 e. The van der Waals surface area contributed by atoms with E-state index >= 15 is 0 Å². The minimum Gasteiger partial charge on any atom is -0.358 e. The van der Waals surface area contributed by atoms with Crippen LogP contribution in [0.2, 0.25) is 0 Å². The first-order valence-electron chi connectivity index (χ1n) is 9.29. The number of carbonyl (C=O) groups excluding carboxylic acids is 1. The Labute approximate surface area is 165 Å². The summed E-state index contributed by atoms with van der Waals surface area (Å²) in [5, 5.41) is 4.37. The van der Waals surface area contributed by atoms with Gasteiger partial charge in [-0.05, 0) is 49.6 Å². The predicted molar refractivity (Wildman–Crippen MR) is 107 cm³/mol. The Hall–Kier alpha value is -3.22. The number of aromatic nitrogens is 2. The molecule has 2 aromatic carbocycles. The molecule has 7 heteroatoms. The fourth-order valence-corrected chi connectivity index (χ4v) is 3.79. The van der Waals surface area contributed by atoms with Crippen LogP contribution < -0.4 is 5.32 Å². The van der Waals surface area contributed by atoms with Crippen LogP contribution in [0.1, 0.15) is 32.9 Å². The third kappa shape index (κ3) is 3.48. The van der Waals surface area contributed by atoms with Crippen molar-refractivity contribution in [2.24, 2.45) is 0 Å². The molecule has 0 radical (unpaired) electrons. The number of rotatable bonds is 4. The van der Waals surface area contributed by atoms with E-state index in [9.17, 15) is 18.0 Å². The molecule has 2 heterocycles. The van der Waals surface area contributed by atoms with Crippen LogP contribution in [0, 0.1) is 13.8 Å². The second-order valence-corrected chi connectivity index (χ2v) is 7.18. The number of fused-ring (bicyclic) bond motifs is 2. The first-order valence-corrected chi connectivity index (χ1v) is 9.29. The lowest BCUT2D eigenvalue weighted by Gasteiger charge is -2.08. The van der Waals surface area contributed by atoms with Crippen LogP contribution in [-0.4, -0.2) is 22.4 Å². The Morgan fingerprint density at radius 2 is 1.79 bits per heavy atom. The van der Waals surface area contributed by atoms with Gasteiger partial charge in [0.05, 0.1) is 11.1 Å². The van der Waals surface area contributed by atoms with E-state index in [4.69, 9.17) is 0 Å². The van der Waals surface area contributed by atoms with Crippen LogP contribution in [-0.2, 0) is 12.6 Å². The van der Waals surface area contributed by atoms with Crippen molar-refractivity contribution in [2.75, 3.05) is 6.54 Å². The summed E-state index contributed by atoms with van der Waals surface area (Å²) in [6.07, 6.45) is -3.99. The fourth-order valence-electron chi connectivity index (χ4n) is 3.79. The SMILES string of the molecule is Cc1[nH]c2c(C(F)(F)F)cccc2c1CCNC(=O)c1cc2c(C)cccc2[nH]1. The molecule has 0 saturated carbocycles. The highest BCUT2D eigenvalue weighted by atomic mass is 19.4. The van der Waals surface area contributed by atoms with Crippen LogP contribution in [0.25, 0.3) is 21.8 Å². The Kier molecular flexibility index (Phi) is 4.61. The van der Waals surface area contributed by atoms with Gasteiger partial charge in [-0.3, -0.25) is 4.79 Å². The minimum absolute atomic E-state index is 0.0879. The topological polar surface area (TPSA) is 60.7 Å². The molecule has 2 aromatic heterocycles. The van der Waals surface area contributed by atoms with Crippen LogP contribution in [0.15, 0.2) is 42.5 Å². The van der Waals surface area contributed by atoms with E-state index in [-0.39, 0.29) is 11.4 Å². The van der Waals surface area contributed by atoms with Gasteiger partial charge < -0.3 is 15.3 Å². The molecule has 4 aromatic rings. The third-order valence-electron chi connectivity index (χ3n) is 5.25. The normalized spacial score (nSPS) is 12.0. The van der Waals surface area contributed by atoms with Gasteiger partial charge in [0.1, 0.15) is 5.69 Å². The molecule has 0 fully saturated rings. The number of halogens is 3. The van der Waals surface area contributed by atoms with E-state index in [1.807, 2.05) is 31.2 Å². The summed E-state index contributed by atoms with van der Waals surface area (Å²) in [5.74, 6) is -0.242. The molecule has 0 saturated heterocycles. The molecule has 4 rings (SSSR count). The molecular formula is C22H20F3N3O.